The first-order valence-electron chi connectivity index (χ1n) is 8.63. The fourth-order valence-corrected chi connectivity index (χ4v) is 2.66. The maximum Gasteiger partial charge on any atom is 0.264 e. The van der Waals surface area contributed by atoms with Gasteiger partial charge in [-0.1, -0.05) is 0 Å². The van der Waals surface area contributed by atoms with Crippen LogP contribution in [0.5, 0.6) is 0 Å². The molecule has 0 aliphatic heterocycles. The van der Waals surface area contributed by atoms with Crippen LogP contribution in [0.25, 0.3) is 22.2 Å². The number of anilines is 1. The minimum absolute atomic E-state index is 0.101. The molecule has 0 aliphatic rings. The highest BCUT2D eigenvalue weighted by atomic mass is 16.3. The van der Waals surface area contributed by atoms with Crippen LogP contribution in [0.3, 0.4) is 0 Å². The van der Waals surface area contributed by atoms with E-state index in [-0.39, 0.29) is 18.2 Å². The Morgan fingerprint density at radius 1 is 1.30 bits per heavy atom. The quantitative estimate of drug-likeness (QED) is 0.623. The third kappa shape index (κ3) is 3.81. The summed E-state index contributed by atoms with van der Waals surface area (Å²) in [6.07, 6.45) is 3.09. The average molecular weight is 369 g/mol. The number of hydrogen-bond acceptors (Lipinski definition) is 7. The summed E-state index contributed by atoms with van der Waals surface area (Å²) >= 11 is 0. The molecule has 0 spiro atoms. The van der Waals surface area contributed by atoms with Crippen molar-refractivity contribution in [3.8, 4) is 11.3 Å². The summed E-state index contributed by atoms with van der Waals surface area (Å²) in [4.78, 5) is 25.8. The number of aryl methyl sites for hydroxylation is 1. The van der Waals surface area contributed by atoms with Gasteiger partial charge in [0, 0.05) is 24.8 Å². The number of hydrogen-bond donors (Lipinski definition) is 3. The smallest absolute Gasteiger partial charge is 0.264 e. The summed E-state index contributed by atoms with van der Waals surface area (Å²) in [6, 6.07) is 5.00. The molecule has 0 radical (unpaired) electrons. The van der Waals surface area contributed by atoms with Crippen molar-refractivity contribution in [1.82, 2.24) is 19.5 Å². The van der Waals surface area contributed by atoms with Crippen LogP contribution in [0, 0.1) is 0 Å². The fraction of sp³-hybridized carbons (Fsp3) is 0.368. The second kappa shape index (κ2) is 7.05. The van der Waals surface area contributed by atoms with Gasteiger partial charge in [0.2, 0.25) is 0 Å². The second-order valence-corrected chi connectivity index (χ2v) is 7.13. The molecule has 0 fully saturated rings. The number of aromatic nitrogens is 4. The molecule has 3 heterocycles. The summed E-state index contributed by atoms with van der Waals surface area (Å²) in [5.41, 5.74) is 1.11. The van der Waals surface area contributed by atoms with Gasteiger partial charge in [0.1, 0.15) is 16.8 Å². The van der Waals surface area contributed by atoms with Gasteiger partial charge in [-0.15, -0.1) is 0 Å². The molecule has 3 aromatic heterocycles. The molecule has 3 aromatic rings. The summed E-state index contributed by atoms with van der Waals surface area (Å²) in [7, 11) is 1.63. The Hall–Kier alpha value is -2.84. The molecular weight excluding hydrogens is 346 g/mol. The minimum atomic E-state index is -1.04. The summed E-state index contributed by atoms with van der Waals surface area (Å²) in [5.74, 6) is 0.365. The van der Waals surface area contributed by atoms with E-state index in [0.29, 0.717) is 28.1 Å². The summed E-state index contributed by atoms with van der Waals surface area (Å²) in [6.45, 7) is 5.03. The van der Waals surface area contributed by atoms with E-state index >= 15 is 0 Å². The van der Waals surface area contributed by atoms with Crippen LogP contribution in [0.15, 0.2) is 35.5 Å². The second-order valence-electron chi connectivity index (χ2n) is 7.13. The van der Waals surface area contributed by atoms with Crippen LogP contribution in [0.2, 0.25) is 0 Å². The van der Waals surface area contributed by atoms with Crippen molar-refractivity contribution in [1.29, 1.82) is 0 Å². The molecule has 3 N–H and O–H groups in total. The molecule has 0 bridgehead atoms. The summed E-state index contributed by atoms with van der Waals surface area (Å²) in [5, 5.41) is 22.9. The van der Waals surface area contributed by atoms with Gasteiger partial charge in [-0.2, -0.15) is 0 Å². The third-order valence-electron chi connectivity index (χ3n) is 4.25. The molecule has 142 valence electrons. The van der Waals surface area contributed by atoms with Crippen molar-refractivity contribution >= 4 is 16.7 Å². The predicted octanol–water partition coefficient (Wildman–Crippen LogP) is 1.41. The maximum absolute atomic E-state index is 12.6. The van der Waals surface area contributed by atoms with Crippen molar-refractivity contribution in [2.75, 3.05) is 11.9 Å². The fourth-order valence-electron chi connectivity index (χ4n) is 2.66. The Balaban J connectivity index is 2.17. The van der Waals surface area contributed by atoms with Crippen LogP contribution >= 0.6 is 0 Å². The van der Waals surface area contributed by atoms with E-state index in [2.05, 4.69) is 20.3 Å². The molecule has 8 heteroatoms. The first kappa shape index (κ1) is 18.9. The molecule has 0 aromatic carbocycles. The van der Waals surface area contributed by atoms with E-state index in [4.69, 9.17) is 0 Å². The molecule has 0 aliphatic carbocycles. The molecule has 8 nitrogen and oxygen atoms in total. The monoisotopic (exact) mass is 369 g/mol. The number of aliphatic hydroxyl groups is 2. The lowest BCUT2D eigenvalue weighted by molar-refractivity contribution is 0.0739. The zero-order valence-corrected chi connectivity index (χ0v) is 15.8. The molecule has 1 atom stereocenters. The topological polar surface area (TPSA) is 113 Å². The first-order valence-corrected chi connectivity index (χ1v) is 8.63. The zero-order valence-electron chi connectivity index (χ0n) is 15.8. The highest BCUT2D eigenvalue weighted by Gasteiger charge is 2.18. The van der Waals surface area contributed by atoms with Crippen LogP contribution in [-0.4, -0.2) is 42.4 Å². The van der Waals surface area contributed by atoms with E-state index < -0.39 is 5.60 Å². The van der Waals surface area contributed by atoms with Crippen molar-refractivity contribution in [3.05, 3.63) is 46.8 Å². The summed E-state index contributed by atoms with van der Waals surface area (Å²) < 4.78 is 1.39. The van der Waals surface area contributed by atoms with Gasteiger partial charge in [0.15, 0.2) is 0 Å². The van der Waals surface area contributed by atoms with E-state index in [1.165, 1.54) is 10.9 Å². The van der Waals surface area contributed by atoms with Gasteiger partial charge in [0.25, 0.3) is 5.56 Å². The Labute approximate surface area is 156 Å². The molecule has 0 saturated heterocycles. The van der Waals surface area contributed by atoms with Gasteiger partial charge < -0.3 is 20.1 Å². The van der Waals surface area contributed by atoms with Crippen molar-refractivity contribution in [3.63, 3.8) is 0 Å². The average Bonchev–Trinajstić information content (AvgIpc) is 2.63. The number of nitrogens with one attached hydrogen (secondary N) is 1. The number of fused-ring (bicyclic) bond motifs is 1. The molecule has 27 heavy (non-hydrogen) atoms. The Bertz CT molecular complexity index is 1020. The Kier molecular flexibility index (Phi) is 4.95. The van der Waals surface area contributed by atoms with Gasteiger partial charge in [-0.05, 0) is 39.0 Å². The molecule has 1 unspecified atom stereocenters. The largest absolute Gasteiger partial charge is 0.394 e. The van der Waals surface area contributed by atoms with E-state index in [1.54, 1.807) is 46.1 Å². The number of aliphatic hydroxyl groups excluding tert-OH is 1. The van der Waals surface area contributed by atoms with E-state index in [1.807, 2.05) is 6.07 Å². The molecule has 0 saturated carbocycles. The van der Waals surface area contributed by atoms with Crippen LogP contribution in [-0.2, 0) is 12.6 Å². The standard InChI is InChI=1S/C19H23N5O3/c1-11(9-25)22-17-16-14(21-10-24(4)18(16)26)7-13(23-17)12-5-6-15(20-8-12)19(2,3)27/h5-8,10-11,25,27H,9H2,1-4H3,(H,22,23). The third-order valence-corrected chi connectivity index (χ3v) is 4.25. The normalized spacial score (nSPS) is 13.0. The SMILES string of the molecule is CC(CO)Nc1nc(-c2ccc(C(C)(C)O)nc2)cc2ncn(C)c(=O)c12. The van der Waals surface area contributed by atoms with Gasteiger partial charge in [0.05, 0.1) is 29.8 Å². The first-order chi connectivity index (χ1) is 12.7. The zero-order chi connectivity index (χ0) is 19.8. The van der Waals surface area contributed by atoms with Crippen LogP contribution < -0.4 is 10.9 Å². The molecular formula is C19H23N5O3. The highest BCUT2D eigenvalue weighted by molar-refractivity contribution is 5.91. The van der Waals surface area contributed by atoms with E-state index in [0.717, 1.165) is 5.56 Å². The lowest BCUT2D eigenvalue weighted by Gasteiger charge is -2.17. The Morgan fingerprint density at radius 3 is 2.63 bits per heavy atom. The van der Waals surface area contributed by atoms with E-state index in [9.17, 15) is 15.0 Å². The van der Waals surface area contributed by atoms with Crippen molar-refractivity contribution < 1.29 is 10.2 Å². The maximum atomic E-state index is 12.6. The molecule has 3 rings (SSSR count). The van der Waals surface area contributed by atoms with Crippen LogP contribution in [0.4, 0.5) is 5.82 Å². The number of nitrogens with zero attached hydrogens (tertiary/aromatic N) is 4. The van der Waals surface area contributed by atoms with Crippen LogP contribution in [0.1, 0.15) is 26.5 Å². The highest BCUT2D eigenvalue weighted by Crippen LogP contribution is 2.26. The van der Waals surface area contributed by atoms with Gasteiger partial charge >= 0.3 is 0 Å². The minimum Gasteiger partial charge on any atom is -0.394 e. The van der Waals surface area contributed by atoms with Crippen molar-refractivity contribution in [2.45, 2.75) is 32.4 Å². The number of rotatable bonds is 5. The Morgan fingerprint density at radius 2 is 2.04 bits per heavy atom. The predicted molar refractivity (Wildman–Crippen MR) is 103 cm³/mol. The lowest BCUT2D eigenvalue weighted by Crippen LogP contribution is -2.24. The van der Waals surface area contributed by atoms with Gasteiger partial charge in [-0.25, -0.2) is 9.97 Å². The van der Waals surface area contributed by atoms with Gasteiger partial charge in [-0.3, -0.25) is 9.78 Å². The lowest BCUT2D eigenvalue weighted by atomic mass is 10.0. The number of pyridine rings is 2. The molecule has 0 amide bonds. The van der Waals surface area contributed by atoms with Crippen molar-refractivity contribution in [2.24, 2.45) is 7.05 Å².